The number of hydrogen-bond acceptors (Lipinski definition) is 3. The molecule has 0 saturated carbocycles. The van der Waals surface area contributed by atoms with Gasteiger partial charge in [-0.2, -0.15) is 5.10 Å². The molecule has 0 fully saturated rings. The Labute approximate surface area is 92.4 Å². The maximum atomic E-state index is 11.2. The Bertz CT molecular complexity index is 388. The molecule has 3 N–H and O–H groups in total. The summed E-state index contributed by atoms with van der Waals surface area (Å²) >= 11 is 0. The molecule has 1 rings (SSSR count). The van der Waals surface area contributed by atoms with Gasteiger partial charge in [0, 0.05) is 25.4 Å². The van der Waals surface area contributed by atoms with Gasteiger partial charge in [0.05, 0.1) is 6.20 Å². The molecule has 1 unspecified atom stereocenters. The van der Waals surface area contributed by atoms with Crippen molar-refractivity contribution in [2.45, 2.75) is 13.0 Å². The normalized spacial score (nSPS) is 11.9. The number of amides is 2. The zero-order chi connectivity index (χ0) is 12.1. The summed E-state index contributed by atoms with van der Waals surface area (Å²) < 4.78 is 1.48. The number of carboxylic acid groups (broad SMARTS) is 1. The molecule has 7 nitrogen and oxygen atoms in total. The van der Waals surface area contributed by atoms with Crippen LogP contribution in [0.4, 0.5) is 4.79 Å². The van der Waals surface area contributed by atoms with Gasteiger partial charge in [-0.1, -0.05) is 0 Å². The lowest BCUT2D eigenvalue weighted by Crippen LogP contribution is -2.40. The van der Waals surface area contributed by atoms with Crippen molar-refractivity contribution in [3.05, 3.63) is 18.0 Å². The topological polar surface area (TPSA) is 96.2 Å². The van der Waals surface area contributed by atoms with Gasteiger partial charge in [-0.05, 0) is 6.92 Å². The molecule has 0 spiro atoms. The van der Waals surface area contributed by atoms with Crippen LogP contribution in [0.1, 0.15) is 18.5 Å². The minimum atomic E-state index is -1.13. The van der Waals surface area contributed by atoms with Crippen molar-refractivity contribution in [3.63, 3.8) is 0 Å². The summed E-state index contributed by atoms with van der Waals surface area (Å²) in [6.45, 7) is 2.19. The highest BCUT2D eigenvalue weighted by molar-refractivity contribution is 5.83. The number of aromatic nitrogens is 2. The number of carbonyl (C=O) groups is 2. The lowest BCUT2D eigenvalue weighted by atomic mass is 10.1. The van der Waals surface area contributed by atoms with E-state index in [4.69, 9.17) is 5.11 Å². The van der Waals surface area contributed by atoms with Gasteiger partial charge in [-0.3, -0.25) is 4.68 Å². The number of hydrogen-bond donors (Lipinski definition) is 3. The zero-order valence-electron chi connectivity index (χ0n) is 9.10. The van der Waals surface area contributed by atoms with E-state index in [1.54, 1.807) is 20.2 Å². The molecule has 0 aliphatic carbocycles. The van der Waals surface area contributed by atoms with Gasteiger partial charge < -0.3 is 15.7 Å². The van der Waals surface area contributed by atoms with Crippen LogP contribution in [-0.2, 0) is 11.8 Å². The molecule has 0 radical (unpaired) electrons. The van der Waals surface area contributed by atoms with Crippen LogP contribution < -0.4 is 10.6 Å². The first-order valence-corrected chi connectivity index (χ1v) is 4.80. The van der Waals surface area contributed by atoms with Crippen LogP contribution in [0, 0.1) is 0 Å². The summed E-state index contributed by atoms with van der Waals surface area (Å²) in [6, 6.07) is -1.60. The molecule has 0 aliphatic heterocycles. The molecule has 0 aliphatic rings. The summed E-state index contributed by atoms with van der Waals surface area (Å²) in [7, 11) is 1.68. The Kier molecular flexibility index (Phi) is 3.87. The molecule has 7 heteroatoms. The second kappa shape index (κ2) is 5.15. The fraction of sp³-hybridized carbons (Fsp3) is 0.444. The highest BCUT2D eigenvalue weighted by Gasteiger charge is 2.22. The maximum absolute atomic E-state index is 11.2. The lowest BCUT2D eigenvalue weighted by molar-refractivity contribution is -0.139. The van der Waals surface area contributed by atoms with Crippen LogP contribution in [0.2, 0.25) is 0 Å². The zero-order valence-corrected chi connectivity index (χ0v) is 9.10. The van der Waals surface area contributed by atoms with Crippen LogP contribution in [-0.4, -0.2) is 33.4 Å². The fourth-order valence-electron chi connectivity index (χ4n) is 1.22. The first kappa shape index (κ1) is 12.0. The van der Waals surface area contributed by atoms with Crippen LogP contribution >= 0.6 is 0 Å². The summed E-state index contributed by atoms with van der Waals surface area (Å²) in [6.07, 6.45) is 2.95. The predicted octanol–water partition coefficient (Wildman–Crippen LogP) is -0.135. The van der Waals surface area contributed by atoms with E-state index >= 15 is 0 Å². The standard InChI is InChI=1S/C9H14N4O3/c1-3-10-9(16)12-7(8(14)15)6-4-11-13(2)5-6/h4-5,7H,3H2,1-2H3,(H,14,15)(H2,10,12,16). The highest BCUT2D eigenvalue weighted by Crippen LogP contribution is 2.11. The summed E-state index contributed by atoms with van der Waals surface area (Å²) in [5.74, 6) is -1.13. The molecular formula is C9H14N4O3. The Hall–Kier alpha value is -2.05. The highest BCUT2D eigenvalue weighted by atomic mass is 16.4. The van der Waals surface area contributed by atoms with E-state index < -0.39 is 18.0 Å². The second-order valence-corrected chi connectivity index (χ2v) is 3.22. The van der Waals surface area contributed by atoms with Gasteiger partial charge in [0.1, 0.15) is 0 Å². The Balaban J connectivity index is 2.76. The molecular weight excluding hydrogens is 212 g/mol. The van der Waals surface area contributed by atoms with Crippen LogP contribution in [0.15, 0.2) is 12.4 Å². The smallest absolute Gasteiger partial charge is 0.331 e. The summed E-state index contributed by atoms with van der Waals surface area (Å²) in [4.78, 5) is 22.2. The van der Waals surface area contributed by atoms with Crippen LogP contribution in [0.5, 0.6) is 0 Å². The van der Waals surface area contributed by atoms with Crippen molar-refractivity contribution >= 4 is 12.0 Å². The molecule has 1 aromatic heterocycles. The molecule has 1 aromatic rings. The number of rotatable bonds is 4. The Morgan fingerprint density at radius 2 is 2.31 bits per heavy atom. The van der Waals surface area contributed by atoms with E-state index in [9.17, 15) is 9.59 Å². The molecule has 0 aromatic carbocycles. The third-order valence-corrected chi connectivity index (χ3v) is 1.92. The van der Waals surface area contributed by atoms with Crippen molar-refractivity contribution in [2.75, 3.05) is 6.54 Å². The fourth-order valence-corrected chi connectivity index (χ4v) is 1.22. The average molecular weight is 226 g/mol. The summed E-state index contributed by atoms with van der Waals surface area (Å²) in [5, 5.41) is 17.6. The quantitative estimate of drug-likeness (QED) is 0.666. The van der Waals surface area contributed by atoms with E-state index in [0.717, 1.165) is 0 Å². The van der Waals surface area contributed by atoms with Crippen molar-refractivity contribution in [2.24, 2.45) is 7.05 Å². The molecule has 0 saturated heterocycles. The Morgan fingerprint density at radius 1 is 1.62 bits per heavy atom. The number of carboxylic acids is 1. The van der Waals surface area contributed by atoms with Gasteiger partial charge in [0.25, 0.3) is 0 Å². The molecule has 16 heavy (non-hydrogen) atoms. The van der Waals surface area contributed by atoms with Crippen LogP contribution in [0.25, 0.3) is 0 Å². The number of aliphatic carboxylic acids is 1. The Morgan fingerprint density at radius 3 is 2.75 bits per heavy atom. The van der Waals surface area contributed by atoms with E-state index in [1.807, 2.05) is 0 Å². The lowest BCUT2D eigenvalue weighted by Gasteiger charge is -2.12. The first-order chi connectivity index (χ1) is 7.54. The monoisotopic (exact) mass is 226 g/mol. The number of urea groups is 1. The predicted molar refractivity (Wildman–Crippen MR) is 55.8 cm³/mol. The largest absolute Gasteiger partial charge is 0.479 e. The van der Waals surface area contributed by atoms with Crippen molar-refractivity contribution in [1.82, 2.24) is 20.4 Å². The SMILES string of the molecule is CCNC(=O)NC(C(=O)O)c1cnn(C)c1. The van der Waals surface area contributed by atoms with Crippen molar-refractivity contribution in [3.8, 4) is 0 Å². The number of nitrogens with zero attached hydrogens (tertiary/aromatic N) is 2. The van der Waals surface area contributed by atoms with Gasteiger partial charge in [-0.25, -0.2) is 9.59 Å². The third-order valence-electron chi connectivity index (χ3n) is 1.92. The second-order valence-electron chi connectivity index (χ2n) is 3.22. The van der Waals surface area contributed by atoms with Gasteiger partial charge in [-0.15, -0.1) is 0 Å². The first-order valence-electron chi connectivity index (χ1n) is 4.80. The minimum Gasteiger partial charge on any atom is -0.479 e. The molecule has 88 valence electrons. The number of carbonyl (C=O) groups excluding carboxylic acids is 1. The molecule has 1 atom stereocenters. The van der Waals surface area contributed by atoms with E-state index in [0.29, 0.717) is 12.1 Å². The maximum Gasteiger partial charge on any atom is 0.331 e. The van der Waals surface area contributed by atoms with Crippen LogP contribution in [0.3, 0.4) is 0 Å². The average Bonchev–Trinajstić information content (AvgIpc) is 2.61. The summed E-state index contributed by atoms with van der Waals surface area (Å²) in [5.41, 5.74) is 0.432. The van der Waals surface area contributed by atoms with Crippen molar-refractivity contribution in [1.29, 1.82) is 0 Å². The van der Waals surface area contributed by atoms with Gasteiger partial charge in [0.15, 0.2) is 6.04 Å². The van der Waals surface area contributed by atoms with E-state index in [-0.39, 0.29) is 0 Å². The molecule has 0 bridgehead atoms. The van der Waals surface area contributed by atoms with E-state index in [1.165, 1.54) is 10.9 Å². The molecule has 1 heterocycles. The van der Waals surface area contributed by atoms with Crippen molar-refractivity contribution < 1.29 is 14.7 Å². The van der Waals surface area contributed by atoms with Gasteiger partial charge in [0.2, 0.25) is 0 Å². The van der Waals surface area contributed by atoms with E-state index in [2.05, 4.69) is 15.7 Å². The van der Waals surface area contributed by atoms with Gasteiger partial charge >= 0.3 is 12.0 Å². The third kappa shape index (κ3) is 2.97. The minimum absolute atomic E-state index is 0.432. The molecule has 2 amide bonds. The number of nitrogens with one attached hydrogen (secondary N) is 2. The number of aryl methyl sites for hydroxylation is 1.